The van der Waals surface area contributed by atoms with Gasteiger partial charge >= 0.3 is 5.69 Å². The molecule has 1 unspecified atom stereocenters. The van der Waals surface area contributed by atoms with Crippen LogP contribution in [0.2, 0.25) is 0 Å². The molecule has 0 spiro atoms. The van der Waals surface area contributed by atoms with Gasteiger partial charge in [-0.1, -0.05) is 26.7 Å². The molecule has 0 bridgehead atoms. The van der Waals surface area contributed by atoms with Gasteiger partial charge in [0.05, 0.1) is 13.2 Å². The molecule has 3 rings (SSSR count). The van der Waals surface area contributed by atoms with Gasteiger partial charge in [0.1, 0.15) is 5.82 Å². The van der Waals surface area contributed by atoms with Crippen molar-refractivity contribution in [2.24, 2.45) is 10.9 Å². The van der Waals surface area contributed by atoms with Crippen LogP contribution < -0.4 is 16.3 Å². The summed E-state index contributed by atoms with van der Waals surface area (Å²) in [4.78, 5) is 19.4. The minimum absolute atomic E-state index is 0.0377. The molecule has 0 aliphatic carbocycles. The quantitative estimate of drug-likeness (QED) is 0.325. The number of hydrogen-bond acceptors (Lipinski definition) is 5. The Labute approximate surface area is 186 Å². The first-order valence-corrected chi connectivity index (χ1v) is 12.1. The van der Waals surface area contributed by atoms with Gasteiger partial charge in [0.15, 0.2) is 5.96 Å². The number of guanidine groups is 1. The summed E-state index contributed by atoms with van der Waals surface area (Å²) in [6, 6.07) is 0.480. The van der Waals surface area contributed by atoms with Gasteiger partial charge in [-0.2, -0.15) is 5.10 Å². The number of hydrogen-bond donors (Lipinski definition) is 2. The molecule has 0 aromatic carbocycles. The van der Waals surface area contributed by atoms with E-state index in [4.69, 9.17) is 4.74 Å². The largest absolute Gasteiger partial charge is 0.379 e. The molecule has 1 fully saturated rings. The lowest BCUT2D eigenvalue weighted by Gasteiger charge is -2.39. The first-order chi connectivity index (χ1) is 15.2. The van der Waals surface area contributed by atoms with Crippen LogP contribution in [-0.4, -0.2) is 77.7 Å². The zero-order valence-corrected chi connectivity index (χ0v) is 19.6. The highest BCUT2D eigenvalue weighted by Crippen LogP contribution is 2.19. The third kappa shape index (κ3) is 6.32. The van der Waals surface area contributed by atoms with E-state index in [9.17, 15) is 4.79 Å². The maximum atomic E-state index is 12.4. The number of aromatic nitrogens is 3. The summed E-state index contributed by atoms with van der Waals surface area (Å²) in [6.45, 7) is 11.3. The van der Waals surface area contributed by atoms with Crippen LogP contribution in [0.25, 0.3) is 0 Å². The number of aryl methyl sites for hydroxylation is 2. The fourth-order valence-corrected chi connectivity index (χ4v) is 4.79. The maximum absolute atomic E-state index is 12.4. The van der Waals surface area contributed by atoms with E-state index in [1.807, 2.05) is 11.6 Å². The van der Waals surface area contributed by atoms with E-state index in [1.165, 1.54) is 12.8 Å². The Bertz CT molecular complexity index is 748. The van der Waals surface area contributed by atoms with Crippen molar-refractivity contribution in [3.05, 3.63) is 16.3 Å². The van der Waals surface area contributed by atoms with Gasteiger partial charge in [0.25, 0.3) is 0 Å². The summed E-state index contributed by atoms with van der Waals surface area (Å²) in [5.41, 5.74) is 0.0377. The van der Waals surface area contributed by atoms with Gasteiger partial charge in [0.2, 0.25) is 0 Å². The standard InChI is InChI=1S/C22H41N7O2/c1-4-18(5-2)19(27-13-15-31-16-14-27)17-25-21(23-3)24-10-8-12-29-22(30)28-11-7-6-9-20(28)26-29/h18-19H,4-17H2,1-3H3,(H2,23,24,25). The van der Waals surface area contributed by atoms with Gasteiger partial charge < -0.3 is 15.4 Å². The van der Waals surface area contributed by atoms with Crippen molar-refractivity contribution in [1.29, 1.82) is 0 Å². The predicted octanol–water partition coefficient (Wildman–Crippen LogP) is 1.07. The highest BCUT2D eigenvalue weighted by Gasteiger charge is 2.27. The normalized spacial score (nSPS) is 18.8. The van der Waals surface area contributed by atoms with Crippen LogP contribution in [0.5, 0.6) is 0 Å². The van der Waals surface area contributed by atoms with Gasteiger partial charge in [-0.05, 0) is 25.2 Å². The maximum Gasteiger partial charge on any atom is 0.345 e. The lowest BCUT2D eigenvalue weighted by Crippen LogP contribution is -2.53. The molecule has 1 aromatic heterocycles. The topological polar surface area (TPSA) is 88.7 Å². The molecule has 0 saturated carbocycles. The van der Waals surface area contributed by atoms with E-state index in [2.05, 4.69) is 39.5 Å². The van der Waals surface area contributed by atoms with Crippen molar-refractivity contribution < 1.29 is 4.74 Å². The molecule has 9 heteroatoms. The van der Waals surface area contributed by atoms with Crippen molar-refractivity contribution in [2.75, 3.05) is 46.4 Å². The number of morpholine rings is 1. The molecule has 2 aliphatic rings. The second kappa shape index (κ2) is 12.2. The van der Waals surface area contributed by atoms with Crippen LogP contribution in [0.15, 0.2) is 9.79 Å². The smallest absolute Gasteiger partial charge is 0.345 e. The number of rotatable bonds is 10. The van der Waals surface area contributed by atoms with Crippen molar-refractivity contribution >= 4 is 5.96 Å². The number of fused-ring (bicyclic) bond motifs is 1. The zero-order valence-electron chi connectivity index (χ0n) is 19.6. The van der Waals surface area contributed by atoms with Crippen LogP contribution in [-0.2, 0) is 24.2 Å². The number of aliphatic imine (C=N–C) groups is 1. The molecule has 0 amide bonds. The fraction of sp³-hybridized carbons (Fsp3) is 0.864. The van der Waals surface area contributed by atoms with Crippen LogP contribution in [0, 0.1) is 5.92 Å². The predicted molar refractivity (Wildman–Crippen MR) is 124 cm³/mol. The van der Waals surface area contributed by atoms with Gasteiger partial charge in [0, 0.05) is 58.8 Å². The van der Waals surface area contributed by atoms with Gasteiger partial charge in [-0.25, -0.2) is 9.48 Å². The molecule has 1 atom stereocenters. The SMILES string of the molecule is CCC(CC)C(CNC(=NC)NCCCn1nc2n(c1=O)CCCC2)N1CCOCC1. The average molecular weight is 436 g/mol. The Hall–Kier alpha value is -1.87. The Balaban J connectivity index is 1.46. The molecule has 0 radical (unpaired) electrons. The first-order valence-electron chi connectivity index (χ1n) is 12.1. The van der Waals surface area contributed by atoms with Crippen LogP contribution >= 0.6 is 0 Å². The van der Waals surface area contributed by atoms with E-state index in [1.54, 1.807) is 4.68 Å². The molecule has 3 heterocycles. The molecular formula is C22H41N7O2. The number of nitrogens with one attached hydrogen (secondary N) is 2. The van der Waals surface area contributed by atoms with Gasteiger partial charge in [-0.15, -0.1) is 0 Å². The second-order valence-electron chi connectivity index (χ2n) is 8.56. The van der Waals surface area contributed by atoms with Crippen molar-refractivity contribution in [3.63, 3.8) is 0 Å². The number of nitrogens with zero attached hydrogens (tertiary/aromatic N) is 5. The summed E-state index contributed by atoms with van der Waals surface area (Å²) in [5.74, 6) is 2.42. The zero-order chi connectivity index (χ0) is 22.1. The van der Waals surface area contributed by atoms with E-state index in [0.717, 1.165) is 83.4 Å². The molecule has 31 heavy (non-hydrogen) atoms. The fourth-order valence-electron chi connectivity index (χ4n) is 4.79. The van der Waals surface area contributed by atoms with Crippen molar-refractivity contribution in [1.82, 2.24) is 29.9 Å². The second-order valence-corrected chi connectivity index (χ2v) is 8.56. The summed E-state index contributed by atoms with van der Waals surface area (Å²) in [6.07, 6.45) is 6.30. The molecular weight excluding hydrogens is 394 g/mol. The van der Waals surface area contributed by atoms with Crippen molar-refractivity contribution in [2.45, 2.75) is 71.5 Å². The third-order valence-electron chi connectivity index (χ3n) is 6.68. The monoisotopic (exact) mass is 435 g/mol. The number of ether oxygens (including phenoxy) is 1. The highest BCUT2D eigenvalue weighted by atomic mass is 16.5. The molecule has 1 saturated heterocycles. The highest BCUT2D eigenvalue weighted by molar-refractivity contribution is 5.79. The van der Waals surface area contributed by atoms with Crippen LogP contribution in [0.1, 0.15) is 51.8 Å². The van der Waals surface area contributed by atoms with Crippen molar-refractivity contribution in [3.8, 4) is 0 Å². The summed E-state index contributed by atoms with van der Waals surface area (Å²) < 4.78 is 9.01. The Morgan fingerprint density at radius 2 is 1.94 bits per heavy atom. The molecule has 2 aliphatic heterocycles. The summed E-state index contributed by atoms with van der Waals surface area (Å²) in [5, 5.41) is 11.4. The van der Waals surface area contributed by atoms with E-state index < -0.39 is 0 Å². The van der Waals surface area contributed by atoms with Gasteiger partial charge in [-0.3, -0.25) is 14.5 Å². The van der Waals surface area contributed by atoms with Crippen LogP contribution in [0.3, 0.4) is 0 Å². The van der Waals surface area contributed by atoms with E-state index in [0.29, 0.717) is 18.5 Å². The Morgan fingerprint density at radius 1 is 1.16 bits per heavy atom. The molecule has 2 N–H and O–H groups in total. The third-order valence-corrected chi connectivity index (χ3v) is 6.68. The minimum Gasteiger partial charge on any atom is -0.379 e. The minimum atomic E-state index is 0.0377. The van der Waals surface area contributed by atoms with E-state index in [-0.39, 0.29) is 5.69 Å². The molecule has 176 valence electrons. The molecule has 1 aromatic rings. The van der Waals surface area contributed by atoms with Crippen LogP contribution in [0.4, 0.5) is 0 Å². The first kappa shape index (κ1) is 23.8. The van der Waals surface area contributed by atoms with E-state index >= 15 is 0 Å². The summed E-state index contributed by atoms with van der Waals surface area (Å²) >= 11 is 0. The summed E-state index contributed by atoms with van der Waals surface area (Å²) in [7, 11) is 1.81. The lowest BCUT2D eigenvalue weighted by atomic mass is 9.92. The lowest BCUT2D eigenvalue weighted by molar-refractivity contribution is 0.00272. The Morgan fingerprint density at radius 3 is 2.61 bits per heavy atom. The average Bonchev–Trinajstić information content (AvgIpc) is 3.14. The Kier molecular flexibility index (Phi) is 9.39. The molecule has 9 nitrogen and oxygen atoms in total.